The van der Waals surface area contributed by atoms with Crippen LogP contribution in [0.15, 0.2) is 0 Å². The van der Waals surface area contributed by atoms with E-state index in [1.807, 2.05) is 41.5 Å². The van der Waals surface area contributed by atoms with Crippen molar-refractivity contribution in [3.63, 3.8) is 0 Å². The summed E-state index contributed by atoms with van der Waals surface area (Å²) in [7, 11) is 0. The van der Waals surface area contributed by atoms with E-state index in [0.717, 1.165) is 38.5 Å². The van der Waals surface area contributed by atoms with Gasteiger partial charge in [-0.05, 0) is 54.4 Å². The molecule has 8 nitrogen and oxygen atoms in total. The van der Waals surface area contributed by atoms with Crippen LogP contribution >= 0.6 is 0 Å². The van der Waals surface area contributed by atoms with Gasteiger partial charge < -0.3 is 0 Å². The Morgan fingerprint density at radius 2 is 0.750 bits per heavy atom. The quantitative estimate of drug-likeness (QED) is 0.0640. The number of rotatable bonds is 24. The van der Waals surface area contributed by atoms with Crippen LogP contribution in [0.2, 0.25) is 0 Å². The van der Waals surface area contributed by atoms with Gasteiger partial charge in [0.2, 0.25) is 0 Å². The third-order valence-electron chi connectivity index (χ3n) is 6.20. The van der Waals surface area contributed by atoms with Crippen molar-refractivity contribution in [2.45, 2.75) is 194 Å². The van der Waals surface area contributed by atoms with E-state index in [9.17, 15) is 9.59 Å². The largest absolute Gasteiger partial charge is 0.387 e. The predicted octanol–water partition coefficient (Wildman–Crippen LogP) is 9.28. The number of hydrogen-bond donors (Lipinski definition) is 0. The molecule has 0 aromatic heterocycles. The first-order valence-electron chi connectivity index (χ1n) is 16.0. The first-order valence-corrected chi connectivity index (χ1v) is 16.0. The van der Waals surface area contributed by atoms with Crippen LogP contribution in [0.3, 0.4) is 0 Å². The van der Waals surface area contributed by atoms with Crippen LogP contribution < -0.4 is 0 Å². The van der Waals surface area contributed by atoms with Gasteiger partial charge in [-0.15, -0.1) is 0 Å². The van der Waals surface area contributed by atoms with Crippen LogP contribution in [0.5, 0.6) is 0 Å². The molecule has 0 heterocycles. The third kappa shape index (κ3) is 24.6. The second-order valence-corrected chi connectivity index (χ2v) is 12.9. The molecule has 0 aliphatic carbocycles. The summed E-state index contributed by atoms with van der Waals surface area (Å²) in [5.74, 6) is -1.61. The number of hydrogen-bond acceptors (Lipinski definition) is 8. The molecule has 2 unspecified atom stereocenters. The number of unbranched alkanes of at least 4 members (excludes halogenated alkanes) is 14. The summed E-state index contributed by atoms with van der Waals surface area (Å²) < 4.78 is 0. The Bertz CT molecular complexity index is 569. The lowest BCUT2D eigenvalue weighted by Gasteiger charge is -2.23. The van der Waals surface area contributed by atoms with E-state index in [0.29, 0.717) is 12.8 Å². The summed E-state index contributed by atoms with van der Waals surface area (Å²) >= 11 is 0. The van der Waals surface area contributed by atoms with Gasteiger partial charge in [0, 0.05) is 0 Å². The average Bonchev–Trinajstić information content (AvgIpc) is 2.87. The van der Waals surface area contributed by atoms with Crippen LogP contribution in [0.25, 0.3) is 0 Å². The zero-order valence-corrected chi connectivity index (χ0v) is 27.1. The second kappa shape index (κ2) is 23.4. The molecule has 0 saturated heterocycles. The van der Waals surface area contributed by atoms with Crippen LogP contribution in [-0.2, 0) is 38.9 Å². The maximum Gasteiger partial charge on any atom is 0.387 e. The maximum atomic E-state index is 12.8. The van der Waals surface area contributed by atoms with Gasteiger partial charge >= 0.3 is 11.9 Å². The molecular weight excluding hydrogens is 512 g/mol. The summed E-state index contributed by atoms with van der Waals surface area (Å²) in [6.45, 7) is 15.4. The predicted molar refractivity (Wildman–Crippen MR) is 158 cm³/mol. The number of carbonyl (C=O) groups is 2. The lowest BCUT2D eigenvalue weighted by atomic mass is 10.1. The van der Waals surface area contributed by atoms with Crippen molar-refractivity contribution in [2.75, 3.05) is 0 Å². The zero-order chi connectivity index (χ0) is 30.3. The molecule has 0 aliphatic heterocycles. The minimum Gasteiger partial charge on any atom is -0.244 e. The summed E-state index contributed by atoms with van der Waals surface area (Å²) in [6, 6.07) is 0. The van der Waals surface area contributed by atoms with Crippen molar-refractivity contribution < 1.29 is 38.9 Å². The highest BCUT2D eigenvalue weighted by atomic mass is 17.3. The molecule has 0 aliphatic rings. The molecule has 0 radical (unpaired) electrons. The Morgan fingerprint density at radius 1 is 0.475 bits per heavy atom. The van der Waals surface area contributed by atoms with E-state index in [-0.39, 0.29) is 0 Å². The molecule has 0 fully saturated rings. The molecule has 0 N–H and O–H groups in total. The van der Waals surface area contributed by atoms with Gasteiger partial charge in [-0.2, -0.15) is 0 Å². The standard InChI is InChI=1S/C32H62O8/c1-9-11-13-15-17-19-21-23-25-27(35-39-31(3,4)5)29(33)37-38-30(34)28(36-40-32(6,7)8)26-24-22-20-18-16-14-12-10-2/h27-28H,9-26H2,1-8H3. The van der Waals surface area contributed by atoms with Gasteiger partial charge in [0.05, 0.1) is 11.2 Å². The minimum absolute atomic E-state index is 0.409. The Kier molecular flexibility index (Phi) is 22.6. The molecular formula is C32H62O8. The highest BCUT2D eigenvalue weighted by molar-refractivity contribution is 5.77. The van der Waals surface area contributed by atoms with Gasteiger partial charge in [-0.1, -0.05) is 117 Å². The summed E-state index contributed by atoms with van der Waals surface area (Å²) in [5, 5.41) is 0. The lowest BCUT2D eigenvalue weighted by molar-refractivity contribution is -0.383. The van der Waals surface area contributed by atoms with Crippen LogP contribution in [0.1, 0.15) is 171 Å². The molecule has 0 bridgehead atoms. The second-order valence-electron chi connectivity index (χ2n) is 12.9. The van der Waals surface area contributed by atoms with Gasteiger partial charge in [0.25, 0.3) is 0 Å². The smallest absolute Gasteiger partial charge is 0.244 e. The van der Waals surface area contributed by atoms with Crippen molar-refractivity contribution in [3.05, 3.63) is 0 Å². The fraction of sp³-hybridized carbons (Fsp3) is 0.938. The molecule has 0 saturated carbocycles. The van der Waals surface area contributed by atoms with Crippen molar-refractivity contribution in [1.29, 1.82) is 0 Å². The molecule has 0 amide bonds. The lowest BCUT2D eigenvalue weighted by Crippen LogP contribution is -2.34. The van der Waals surface area contributed by atoms with Crippen LogP contribution in [-0.4, -0.2) is 35.3 Å². The SMILES string of the molecule is CCCCCCCCCCC(OOC(C)(C)C)C(=O)OOC(=O)C(CCCCCCCCCC)OOC(C)(C)C. The van der Waals surface area contributed by atoms with E-state index in [1.165, 1.54) is 64.2 Å². The molecule has 8 heteroatoms. The molecule has 2 atom stereocenters. The van der Waals surface area contributed by atoms with Gasteiger partial charge in [0.1, 0.15) is 0 Å². The fourth-order valence-electron chi connectivity index (χ4n) is 3.93. The molecule has 0 spiro atoms. The van der Waals surface area contributed by atoms with Gasteiger partial charge in [-0.3, -0.25) is 0 Å². The van der Waals surface area contributed by atoms with E-state index < -0.39 is 35.3 Å². The van der Waals surface area contributed by atoms with Crippen molar-refractivity contribution in [2.24, 2.45) is 0 Å². The van der Waals surface area contributed by atoms with E-state index in [4.69, 9.17) is 29.3 Å². The maximum absolute atomic E-state index is 12.8. The minimum atomic E-state index is -0.995. The molecule has 238 valence electrons. The molecule has 0 aromatic rings. The van der Waals surface area contributed by atoms with E-state index in [1.54, 1.807) is 0 Å². The molecule has 0 rings (SSSR count). The van der Waals surface area contributed by atoms with Gasteiger partial charge in [-0.25, -0.2) is 38.9 Å². The first-order chi connectivity index (χ1) is 18.9. The van der Waals surface area contributed by atoms with E-state index >= 15 is 0 Å². The summed E-state index contributed by atoms with van der Waals surface area (Å²) in [4.78, 5) is 57.0. The molecule has 0 aromatic carbocycles. The summed E-state index contributed by atoms with van der Waals surface area (Å²) in [6.07, 6.45) is 16.9. The highest BCUT2D eigenvalue weighted by Gasteiger charge is 2.30. The van der Waals surface area contributed by atoms with Crippen molar-refractivity contribution in [1.82, 2.24) is 0 Å². The Hall–Kier alpha value is -1.22. The fourth-order valence-corrected chi connectivity index (χ4v) is 3.93. The van der Waals surface area contributed by atoms with E-state index in [2.05, 4.69) is 13.8 Å². The Labute approximate surface area is 245 Å². The summed E-state index contributed by atoms with van der Waals surface area (Å²) in [5.41, 5.74) is -1.21. The topological polar surface area (TPSA) is 89.5 Å². The highest BCUT2D eigenvalue weighted by Crippen LogP contribution is 2.19. The normalized spacial score (nSPS) is 13.7. The Morgan fingerprint density at radius 3 is 1.02 bits per heavy atom. The van der Waals surface area contributed by atoms with Gasteiger partial charge in [0.15, 0.2) is 12.2 Å². The Balaban J connectivity index is 4.78. The zero-order valence-electron chi connectivity index (χ0n) is 27.1. The van der Waals surface area contributed by atoms with Crippen molar-refractivity contribution in [3.8, 4) is 0 Å². The van der Waals surface area contributed by atoms with Crippen LogP contribution in [0, 0.1) is 0 Å². The van der Waals surface area contributed by atoms with Crippen molar-refractivity contribution >= 4 is 11.9 Å². The third-order valence-corrected chi connectivity index (χ3v) is 6.20. The van der Waals surface area contributed by atoms with Crippen LogP contribution in [0.4, 0.5) is 0 Å². The monoisotopic (exact) mass is 574 g/mol. The molecule has 40 heavy (non-hydrogen) atoms. The number of carbonyl (C=O) groups excluding carboxylic acids is 2. The average molecular weight is 575 g/mol. The first kappa shape index (κ1) is 38.8.